The highest BCUT2D eigenvalue weighted by atomic mass is 79.9. The van der Waals surface area contributed by atoms with Crippen molar-refractivity contribution >= 4 is 33.2 Å². The molecule has 0 bridgehead atoms. The van der Waals surface area contributed by atoms with E-state index in [0.29, 0.717) is 15.7 Å². The quantitative estimate of drug-likeness (QED) is 0.793. The highest BCUT2D eigenvalue weighted by Crippen LogP contribution is 2.21. The minimum absolute atomic E-state index is 0.205. The zero-order valence-electron chi connectivity index (χ0n) is 7.41. The van der Waals surface area contributed by atoms with E-state index in [2.05, 4.69) is 20.3 Å². The molecule has 0 fully saturated rings. The van der Waals surface area contributed by atoms with Crippen LogP contribution >= 0.6 is 27.5 Å². The number of ketones is 1. The Labute approximate surface area is 98.0 Å². The number of rotatable bonds is 2. The third kappa shape index (κ3) is 2.13. The molecule has 0 radical (unpaired) electrons. The number of carbonyl (C=O) groups excluding carboxylic acids is 1. The molecule has 0 N–H and O–H groups in total. The normalized spacial score (nSPS) is 10.3. The molecule has 2 aromatic rings. The number of aromatic nitrogens is 1. The molecular weight excluding hydrogens is 281 g/mol. The Morgan fingerprint density at radius 3 is 2.80 bits per heavy atom. The Balaban J connectivity index is 2.42. The minimum Gasteiger partial charge on any atom is -0.287 e. The fourth-order valence-electron chi connectivity index (χ4n) is 1.14. The molecule has 2 nitrogen and oxygen atoms in total. The van der Waals surface area contributed by atoms with E-state index in [1.165, 1.54) is 29.7 Å². The maximum Gasteiger partial charge on any atom is 0.213 e. The number of halogens is 2. The van der Waals surface area contributed by atoms with Crippen molar-refractivity contribution in [2.45, 2.75) is 0 Å². The van der Waals surface area contributed by atoms with Crippen LogP contribution in [-0.4, -0.2) is 10.2 Å². The summed E-state index contributed by atoms with van der Waals surface area (Å²) >= 11 is 4.36. The summed E-state index contributed by atoms with van der Waals surface area (Å²) in [5.74, 6) is -0.583. The minimum atomic E-state index is -0.378. The first-order chi connectivity index (χ1) is 7.18. The van der Waals surface area contributed by atoms with Crippen LogP contribution in [0.2, 0.25) is 0 Å². The first-order valence-electron chi connectivity index (χ1n) is 4.08. The second-order valence-electron chi connectivity index (χ2n) is 2.84. The second kappa shape index (κ2) is 4.20. The Hall–Kier alpha value is -1.07. The van der Waals surface area contributed by atoms with Crippen molar-refractivity contribution in [1.82, 2.24) is 4.37 Å². The number of carbonyl (C=O) groups is 1. The third-order valence-corrected chi connectivity index (χ3v) is 3.06. The highest BCUT2D eigenvalue weighted by Gasteiger charge is 2.14. The van der Waals surface area contributed by atoms with Gasteiger partial charge in [-0.3, -0.25) is 4.79 Å². The van der Waals surface area contributed by atoms with E-state index in [-0.39, 0.29) is 11.6 Å². The molecule has 1 aromatic carbocycles. The van der Waals surface area contributed by atoms with Gasteiger partial charge >= 0.3 is 0 Å². The van der Waals surface area contributed by atoms with Crippen LogP contribution in [0.1, 0.15) is 16.1 Å². The van der Waals surface area contributed by atoms with Crippen LogP contribution < -0.4 is 0 Å². The monoisotopic (exact) mass is 285 g/mol. The van der Waals surface area contributed by atoms with E-state index in [4.69, 9.17) is 0 Å². The van der Waals surface area contributed by atoms with Gasteiger partial charge in [-0.05, 0) is 51.7 Å². The zero-order chi connectivity index (χ0) is 10.8. The lowest BCUT2D eigenvalue weighted by atomic mass is 10.1. The van der Waals surface area contributed by atoms with E-state index in [1.807, 2.05) is 0 Å². The summed E-state index contributed by atoms with van der Waals surface area (Å²) < 4.78 is 17.2. The molecule has 0 unspecified atom stereocenters. The predicted molar refractivity (Wildman–Crippen MR) is 59.6 cm³/mol. The van der Waals surface area contributed by atoms with Crippen LogP contribution in [-0.2, 0) is 0 Å². The maximum atomic E-state index is 12.8. The molecule has 15 heavy (non-hydrogen) atoms. The molecule has 2 rings (SSSR count). The molecule has 0 aliphatic heterocycles. The lowest BCUT2D eigenvalue weighted by Crippen LogP contribution is -2.02. The lowest BCUT2D eigenvalue weighted by molar-refractivity contribution is 0.103. The largest absolute Gasteiger partial charge is 0.287 e. The topological polar surface area (TPSA) is 30.0 Å². The molecule has 0 saturated heterocycles. The summed E-state index contributed by atoms with van der Waals surface area (Å²) in [5.41, 5.74) is 0.801. The maximum absolute atomic E-state index is 12.8. The summed E-state index contributed by atoms with van der Waals surface area (Å²) in [6, 6.07) is 5.61. The average molecular weight is 286 g/mol. The van der Waals surface area contributed by atoms with Gasteiger partial charge in [-0.1, -0.05) is 0 Å². The Bertz CT molecular complexity index is 498. The van der Waals surface area contributed by atoms with Crippen molar-refractivity contribution in [3.05, 3.63) is 51.2 Å². The Kier molecular flexibility index (Phi) is 2.93. The number of hydrogen-bond donors (Lipinski definition) is 0. The molecule has 1 aromatic heterocycles. The van der Waals surface area contributed by atoms with E-state index < -0.39 is 0 Å². The van der Waals surface area contributed by atoms with Crippen LogP contribution in [0.5, 0.6) is 0 Å². The van der Waals surface area contributed by atoms with Crippen LogP contribution in [0.4, 0.5) is 4.39 Å². The molecule has 76 valence electrons. The van der Waals surface area contributed by atoms with Crippen molar-refractivity contribution in [2.75, 3.05) is 0 Å². The fraction of sp³-hybridized carbons (Fsp3) is 0. The molecule has 0 amide bonds. The predicted octanol–water partition coefficient (Wildman–Crippen LogP) is 3.28. The molecule has 0 saturated carbocycles. The van der Waals surface area contributed by atoms with Gasteiger partial charge in [0.2, 0.25) is 5.78 Å². The van der Waals surface area contributed by atoms with Crippen LogP contribution in [0.15, 0.2) is 34.1 Å². The van der Waals surface area contributed by atoms with Gasteiger partial charge in [-0.2, -0.15) is 4.37 Å². The van der Waals surface area contributed by atoms with E-state index >= 15 is 0 Å². The van der Waals surface area contributed by atoms with E-state index in [9.17, 15) is 9.18 Å². The van der Waals surface area contributed by atoms with E-state index in [1.54, 1.807) is 11.4 Å². The van der Waals surface area contributed by atoms with Crippen LogP contribution in [0.25, 0.3) is 0 Å². The molecule has 1 heterocycles. The summed E-state index contributed by atoms with van der Waals surface area (Å²) in [5, 5.41) is 1.73. The van der Waals surface area contributed by atoms with Gasteiger partial charge in [-0.15, -0.1) is 0 Å². The van der Waals surface area contributed by atoms with Gasteiger partial charge in [0.15, 0.2) is 0 Å². The van der Waals surface area contributed by atoms with Crippen molar-refractivity contribution < 1.29 is 9.18 Å². The average Bonchev–Trinajstić information content (AvgIpc) is 2.69. The van der Waals surface area contributed by atoms with E-state index in [0.717, 1.165) is 0 Å². The first kappa shape index (κ1) is 10.4. The molecule has 0 atom stereocenters. The number of nitrogens with zero attached hydrogens (tertiary/aromatic N) is 1. The molecule has 0 aliphatic carbocycles. The Morgan fingerprint density at radius 1 is 1.40 bits per heavy atom. The van der Waals surface area contributed by atoms with Crippen molar-refractivity contribution in [3.8, 4) is 0 Å². The number of hydrogen-bond acceptors (Lipinski definition) is 3. The van der Waals surface area contributed by atoms with Crippen LogP contribution in [0, 0.1) is 5.82 Å². The molecule has 0 aliphatic rings. The lowest BCUT2D eigenvalue weighted by Gasteiger charge is -2.00. The SMILES string of the molecule is O=C(c1ccsn1)c1ccc(F)cc1Br. The Morgan fingerprint density at radius 2 is 2.20 bits per heavy atom. The third-order valence-electron chi connectivity index (χ3n) is 1.85. The van der Waals surface area contributed by atoms with Gasteiger partial charge in [0, 0.05) is 15.4 Å². The first-order valence-corrected chi connectivity index (χ1v) is 5.71. The molecule has 5 heteroatoms. The molecular formula is C10H5BrFNOS. The highest BCUT2D eigenvalue weighted by molar-refractivity contribution is 9.10. The summed E-state index contributed by atoms with van der Waals surface area (Å²) in [6.45, 7) is 0. The van der Waals surface area contributed by atoms with Crippen LogP contribution in [0.3, 0.4) is 0 Å². The number of benzene rings is 1. The van der Waals surface area contributed by atoms with Crippen molar-refractivity contribution in [2.24, 2.45) is 0 Å². The van der Waals surface area contributed by atoms with Crippen molar-refractivity contribution in [1.29, 1.82) is 0 Å². The van der Waals surface area contributed by atoms with Gasteiger partial charge in [0.1, 0.15) is 11.5 Å². The summed E-state index contributed by atoms with van der Waals surface area (Å²) in [6.07, 6.45) is 0. The smallest absolute Gasteiger partial charge is 0.213 e. The zero-order valence-corrected chi connectivity index (χ0v) is 9.81. The van der Waals surface area contributed by atoms with Gasteiger partial charge < -0.3 is 0 Å². The fourth-order valence-corrected chi connectivity index (χ4v) is 2.18. The standard InChI is InChI=1S/C10H5BrFNOS/c11-8-5-6(12)1-2-7(8)10(14)9-3-4-15-13-9/h1-5H. The second-order valence-corrected chi connectivity index (χ2v) is 4.36. The van der Waals surface area contributed by atoms with Crippen molar-refractivity contribution in [3.63, 3.8) is 0 Å². The van der Waals surface area contributed by atoms with Gasteiger partial charge in [0.25, 0.3) is 0 Å². The molecule has 0 spiro atoms. The summed E-state index contributed by atoms with van der Waals surface area (Å²) in [7, 11) is 0. The summed E-state index contributed by atoms with van der Waals surface area (Å²) in [4.78, 5) is 11.8. The van der Waals surface area contributed by atoms with Gasteiger partial charge in [-0.25, -0.2) is 4.39 Å². The van der Waals surface area contributed by atoms with Gasteiger partial charge in [0.05, 0.1) is 0 Å².